The molecule has 1 heterocycles. The molecule has 0 aromatic heterocycles. The van der Waals surface area contributed by atoms with Gasteiger partial charge < -0.3 is 5.11 Å². The van der Waals surface area contributed by atoms with E-state index < -0.39 is 15.8 Å². The second-order valence-corrected chi connectivity index (χ2v) is 7.16. The zero-order valence-corrected chi connectivity index (χ0v) is 11.6. The van der Waals surface area contributed by atoms with Gasteiger partial charge in [0.25, 0.3) is 0 Å². The average Bonchev–Trinajstić information content (AvgIpc) is 2.70. The van der Waals surface area contributed by atoms with Crippen LogP contribution in [0, 0.1) is 0 Å². The van der Waals surface area contributed by atoms with Crippen LogP contribution in [0.5, 0.6) is 0 Å². The molecule has 5 nitrogen and oxygen atoms in total. The number of aromatic carboxylic acids is 1. The molecule has 1 aliphatic rings. The Balaban J connectivity index is 2.12. The van der Waals surface area contributed by atoms with E-state index in [2.05, 4.69) is 0 Å². The van der Waals surface area contributed by atoms with E-state index in [1.807, 2.05) is 11.9 Å². The normalized spacial score (nSPS) is 21.7. The van der Waals surface area contributed by atoms with Gasteiger partial charge in [0.2, 0.25) is 0 Å². The highest BCUT2D eigenvalue weighted by molar-refractivity contribution is 7.91. The SMILES string of the molecule is CN(Cc1ccccc1C(=O)O)C1CCS(=O)(=O)C1. The number of rotatable bonds is 4. The fourth-order valence-corrected chi connectivity index (χ4v) is 4.19. The van der Waals surface area contributed by atoms with Gasteiger partial charge in [-0.15, -0.1) is 0 Å². The molecule has 1 N–H and O–H groups in total. The van der Waals surface area contributed by atoms with Crippen molar-refractivity contribution in [2.45, 2.75) is 19.0 Å². The van der Waals surface area contributed by atoms with E-state index in [0.29, 0.717) is 18.5 Å². The van der Waals surface area contributed by atoms with E-state index in [9.17, 15) is 13.2 Å². The number of carboxylic acid groups (broad SMARTS) is 1. The molecular formula is C13H17NO4S. The Kier molecular flexibility index (Phi) is 3.91. The molecule has 0 amide bonds. The molecule has 1 aromatic rings. The topological polar surface area (TPSA) is 74.7 Å². The van der Waals surface area contributed by atoms with Crippen LogP contribution in [0.3, 0.4) is 0 Å². The molecular weight excluding hydrogens is 266 g/mol. The molecule has 1 unspecified atom stereocenters. The number of nitrogens with zero attached hydrogens (tertiary/aromatic N) is 1. The maximum atomic E-state index is 11.5. The first-order valence-corrected chi connectivity index (χ1v) is 7.93. The van der Waals surface area contributed by atoms with Gasteiger partial charge in [-0.05, 0) is 25.1 Å². The van der Waals surface area contributed by atoms with Gasteiger partial charge in [-0.1, -0.05) is 18.2 Å². The van der Waals surface area contributed by atoms with Crippen LogP contribution in [0.2, 0.25) is 0 Å². The number of sulfone groups is 1. The van der Waals surface area contributed by atoms with E-state index in [1.54, 1.807) is 24.3 Å². The van der Waals surface area contributed by atoms with Crippen LogP contribution in [0.4, 0.5) is 0 Å². The Morgan fingerprint density at radius 2 is 2.11 bits per heavy atom. The monoisotopic (exact) mass is 283 g/mol. The van der Waals surface area contributed by atoms with Gasteiger partial charge in [-0.25, -0.2) is 13.2 Å². The van der Waals surface area contributed by atoms with Gasteiger partial charge in [-0.2, -0.15) is 0 Å². The summed E-state index contributed by atoms with van der Waals surface area (Å²) in [6.07, 6.45) is 0.619. The van der Waals surface area contributed by atoms with Gasteiger partial charge in [-0.3, -0.25) is 4.90 Å². The Hall–Kier alpha value is -1.40. The van der Waals surface area contributed by atoms with Crippen molar-refractivity contribution in [2.24, 2.45) is 0 Å². The number of carbonyl (C=O) groups is 1. The maximum absolute atomic E-state index is 11.5. The van der Waals surface area contributed by atoms with Crippen LogP contribution >= 0.6 is 0 Å². The number of benzene rings is 1. The van der Waals surface area contributed by atoms with Crippen molar-refractivity contribution in [2.75, 3.05) is 18.6 Å². The van der Waals surface area contributed by atoms with Crippen LogP contribution in [0.25, 0.3) is 0 Å². The van der Waals surface area contributed by atoms with Crippen molar-refractivity contribution < 1.29 is 18.3 Å². The molecule has 6 heteroatoms. The zero-order chi connectivity index (χ0) is 14.0. The Morgan fingerprint density at radius 3 is 2.68 bits per heavy atom. The molecule has 0 saturated carbocycles. The third kappa shape index (κ3) is 3.33. The Bertz CT molecular complexity index is 582. The second kappa shape index (κ2) is 5.30. The molecule has 1 saturated heterocycles. The lowest BCUT2D eigenvalue weighted by Gasteiger charge is -2.23. The van der Waals surface area contributed by atoms with E-state index in [-0.39, 0.29) is 23.1 Å². The van der Waals surface area contributed by atoms with Crippen molar-refractivity contribution in [3.05, 3.63) is 35.4 Å². The quantitative estimate of drug-likeness (QED) is 0.892. The number of hydrogen-bond acceptors (Lipinski definition) is 4. The summed E-state index contributed by atoms with van der Waals surface area (Å²) >= 11 is 0. The number of carboxylic acids is 1. The second-order valence-electron chi connectivity index (χ2n) is 4.93. The first kappa shape index (κ1) is 14.0. The maximum Gasteiger partial charge on any atom is 0.336 e. The number of hydrogen-bond donors (Lipinski definition) is 1. The first-order chi connectivity index (χ1) is 8.89. The van der Waals surface area contributed by atoms with Gasteiger partial charge >= 0.3 is 5.97 Å². The van der Waals surface area contributed by atoms with Crippen LogP contribution < -0.4 is 0 Å². The summed E-state index contributed by atoms with van der Waals surface area (Å²) in [5, 5.41) is 9.11. The Labute approximate surface area is 112 Å². The molecule has 104 valence electrons. The summed E-state index contributed by atoms with van der Waals surface area (Å²) in [6.45, 7) is 0.447. The molecule has 0 aliphatic carbocycles. The largest absolute Gasteiger partial charge is 0.478 e. The summed E-state index contributed by atoms with van der Waals surface area (Å²) in [7, 11) is -1.08. The van der Waals surface area contributed by atoms with Crippen LogP contribution in [0.15, 0.2) is 24.3 Å². The highest BCUT2D eigenvalue weighted by atomic mass is 32.2. The minimum absolute atomic E-state index is 0.0214. The summed E-state index contributed by atoms with van der Waals surface area (Å²) in [5.74, 6) is -0.565. The lowest BCUT2D eigenvalue weighted by molar-refractivity contribution is 0.0694. The third-order valence-electron chi connectivity index (χ3n) is 3.50. The molecule has 1 fully saturated rings. The summed E-state index contributed by atoms with van der Waals surface area (Å²) in [5.41, 5.74) is 0.983. The molecule has 1 aromatic carbocycles. The van der Waals surface area contributed by atoms with Crippen molar-refractivity contribution >= 4 is 15.8 Å². The highest BCUT2D eigenvalue weighted by Crippen LogP contribution is 2.19. The van der Waals surface area contributed by atoms with E-state index in [1.165, 1.54) is 0 Å². The van der Waals surface area contributed by atoms with Crippen LogP contribution in [-0.2, 0) is 16.4 Å². The highest BCUT2D eigenvalue weighted by Gasteiger charge is 2.30. The molecule has 2 rings (SSSR count). The standard InChI is InChI=1S/C13H17NO4S/c1-14(11-6-7-19(17,18)9-11)8-10-4-2-3-5-12(10)13(15)16/h2-5,11H,6-9H2,1H3,(H,15,16). The average molecular weight is 283 g/mol. The first-order valence-electron chi connectivity index (χ1n) is 6.11. The smallest absolute Gasteiger partial charge is 0.336 e. The van der Waals surface area contributed by atoms with Gasteiger partial charge in [0.05, 0.1) is 17.1 Å². The lowest BCUT2D eigenvalue weighted by Crippen LogP contribution is -2.32. The summed E-state index contributed by atoms with van der Waals surface area (Å²) < 4.78 is 22.9. The van der Waals surface area contributed by atoms with Crippen molar-refractivity contribution in [3.63, 3.8) is 0 Å². The predicted octanol–water partition coefficient (Wildman–Crippen LogP) is 1.00. The summed E-state index contributed by atoms with van der Waals surface area (Å²) in [4.78, 5) is 13.0. The van der Waals surface area contributed by atoms with Crippen LogP contribution in [0.1, 0.15) is 22.3 Å². The van der Waals surface area contributed by atoms with Gasteiger partial charge in [0.15, 0.2) is 9.84 Å². The minimum atomic E-state index is -2.92. The van der Waals surface area contributed by atoms with E-state index in [4.69, 9.17) is 5.11 Å². The zero-order valence-electron chi connectivity index (χ0n) is 10.7. The molecule has 0 spiro atoms. The fraction of sp³-hybridized carbons (Fsp3) is 0.462. The molecule has 1 atom stereocenters. The minimum Gasteiger partial charge on any atom is -0.478 e. The van der Waals surface area contributed by atoms with E-state index in [0.717, 1.165) is 0 Å². The molecule has 1 aliphatic heterocycles. The molecule has 0 bridgehead atoms. The molecule has 0 radical (unpaired) electrons. The Morgan fingerprint density at radius 1 is 1.42 bits per heavy atom. The fourth-order valence-electron chi connectivity index (χ4n) is 2.39. The predicted molar refractivity (Wildman–Crippen MR) is 71.9 cm³/mol. The van der Waals surface area contributed by atoms with Crippen LogP contribution in [-0.4, -0.2) is 49.0 Å². The molecule has 19 heavy (non-hydrogen) atoms. The lowest BCUT2D eigenvalue weighted by atomic mass is 10.1. The van der Waals surface area contributed by atoms with E-state index >= 15 is 0 Å². The van der Waals surface area contributed by atoms with Gasteiger partial charge in [0, 0.05) is 12.6 Å². The van der Waals surface area contributed by atoms with Crippen molar-refractivity contribution in [1.82, 2.24) is 4.90 Å². The summed E-state index contributed by atoms with van der Waals surface area (Å²) in [6, 6.07) is 6.79. The van der Waals surface area contributed by atoms with Crippen molar-refractivity contribution in [3.8, 4) is 0 Å². The van der Waals surface area contributed by atoms with Crippen molar-refractivity contribution in [1.29, 1.82) is 0 Å². The third-order valence-corrected chi connectivity index (χ3v) is 5.25. The van der Waals surface area contributed by atoms with Gasteiger partial charge in [0.1, 0.15) is 0 Å².